The molecule has 0 radical (unpaired) electrons. The second-order valence-electron chi connectivity index (χ2n) is 4.64. The van der Waals surface area contributed by atoms with Crippen LogP contribution >= 0.6 is 12.2 Å². The molecule has 3 heterocycles. The first-order chi connectivity index (χ1) is 9.16. The van der Waals surface area contributed by atoms with Gasteiger partial charge in [-0.25, -0.2) is 4.98 Å². The number of rotatable bonds is 2. The first kappa shape index (κ1) is 12.0. The molecule has 0 aliphatic carbocycles. The Morgan fingerprint density at radius 2 is 2.05 bits per heavy atom. The Kier molecular flexibility index (Phi) is 2.91. The number of nitrogens with zero attached hydrogens (tertiary/aromatic N) is 3. The molecular formula is C14H14N4S. The van der Waals surface area contributed by atoms with Crippen molar-refractivity contribution < 1.29 is 0 Å². The molecule has 4 nitrogen and oxygen atoms in total. The number of nitrogens with one attached hydrogen (secondary N) is 1. The number of pyridine rings is 2. The summed E-state index contributed by atoms with van der Waals surface area (Å²) in [5.74, 6) is 0. The van der Waals surface area contributed by atoms with Gasteiger partial charge in [0, 0.05) is 18.6 Å². The van der Waals surface area contributed by atoms with Gasteiger partial charge in [0.15, 0.2) is 10.4 Å². The molecule has 0 fully saturated rings. The minimum atomic E-state index is 0.702. The van der Waals surface area contributed by atoms with Crippen LogP contribution in [0.15, 0.2) is 30.7 Å². The van der Waals surface area contributed by atoms with Crippen molar-refractivity contribution >= 4 is 23.4 Å². The fourth-order valence-corrected chi connectivity index (χ4v) is 2.42. The fourth-order valence-electron chi connectivity index (χ4n) is 2.17. The Balaban J connectivity index is 2.16. The first-order valence-corrected chi connectivity index (χ1v) is 6.51. The Morgan fingerprint density at radius 3 is 2.84 bits per heavy atom. The molecule has 3 aromatic heterocycles. The molecule has 1 N–H and O–H groups in total. The van der Waals surface area contributed by atoms with Gasteiger partial charge in [-0.05, 0) is 54.9 Å². The van der Waals surface area contributed by atoms with Crippen LogP contribution in [0.2, 0.25) is 0 Å². The topological polar surface area (TPSA) is 46.5 Å². The van der Waals surface area contributed by atoms with Crippen LogP contribution in [-0.2, 0) is 6.54 Å². The lowest BCUT2D eigenvalue weighted by molar-refractivity contribution is 0.793. The Labute approximate surface area is 116 Å². The van der Waals surface area contributed by atoms with Crippen LogP contribution in [-0.4, -0.2) is 19.5 Å². The van der Waals surface area contributed by atoms with Gasteiger partial charge in [-0.15, -0.1) is 0 Å². The molecule has 0 saturated heterocycles. The minimum Gasteiger partial charge on any atom is -0.329 e. The van der Waals surface area contributed by atoms with E-state index in [4.69, 9.17) is 12.2 Å². The summed E-state index contributed by atoms with van der Waals surface area (Å²) in [4.78, 5) is 11.8. The minimum absolute atomic E-state index is 0.702. The molecule has 0 bridgehead atoms. The molecule has 0 aliphatic heterocycles. The van der Waals surface area contributed by atoms with Gasteiger partial charge in [0.1, 0.15) is 0 Å². The van der Waals surface area contributed by atoms with Crippen LogP contribution < -0.4 is 0 Å². The highest BCUT2D eigenvalue weighted by Gasteiger charge is 2.09. The zero-order chi connectivity index (χ0) is 13.4. The van der Waals surface area contributed by atoms with E-state index >= 15 is 0 Å². The Morgan fingerprint density at radius 1 is 1.21 bits per heavy atom. The summed E-state index contributed by atoms with van der Waals surface area (Å²) >= 11 is 5.41. The van der Waals surface area contributed by atoms with Gasteiger partial charge in [0.2, 0.25) is 0 Å². The largest absolute Gasteiger partial charge is 0.329 e. The van der Waals surface area contributed by atoms with Gasteiger partial charge in [0.25, 0.3) is 0 Å². The van der Waals surface area contributed by atoms with Gasteiger partial charge < -0.3 is 4.98 Å². The number of imidazole rings is 1. The maximum atomic E-state index is 5.41. The smallest absolute Gasteiger partial charge is 0.179 e. The van der Waals surface area contributed by atoms with E-state index in [-0.39, 0.29) is 0 Å². The number of aryl methyl sites for hydroxylation is 2. The summed E-state index contributed by atoms with van der Waals surface area (Å²) in [5, 5.41) is 0. The van der Waals surface area contributed by atoms with E-state index < -0.39 is 0 Å². The van der Waals surface area contributed by atoms with Crippen LogP contribution in [0, 0.1) is 18.6 Å². The SMILES string of the molecule is Cc1cnccc1Cn1c(=S)[nH]c2c(C)ccnc21. The molecule has 0 atom stereocenters. The highest BCUT2D eigenvalue weighted by molar-refractivity contribution is 7.71. The third-order valence-electron chi connectivity index (χ3n) is 3.34. The summed E-state index contributed by atoms with van der Waals surface area (Å²) in [6.45, 7) is 4.82. The second kappa shape index (κ2) is 4.59. The fraction of sp³-hybridized carbons (Fsp3) is 0.214. The lowest BCUT2D eigenvalue weighted by atomic mass is 10.1. The van der Waals surface area contributed by atoms with Crippen molar-refractivity contribution in [1.29, 1.82) is 0 Å². The molecular weight excluding hydrogens is 256 g/mol. The van der Waals surface area contributed by atoms with E-state index in [1.807, 2.05) is 29.1 Å². The van der Waals surface area contributed by atoms with E-state index in [2.05, 4.69) is 28.8 Å². The lowest BCUT2D eigenvalue weighted by Gasteiger charge is -2.07. The van der Waals surface area contributed by atoms with Crippen molar-refractivity contribution in [3.05, 3.63) is 52.2 Å². The number of aromatic amines is 1. The van der Waals surface area contributed by atoms with Crippen LogP contribution in [0.4, 0.5) is 0 Å². The van der Waals surface area contributed by atoms with Crippen molar-refractivity contribution in [3.8, 4) is 0 Å². The number of fused-ring (bicyclic) bond motifs is 1. The van der Waals surface area contributed by atoms with E-state index in [1.54, 1.807) is 6.20 Å². The molecule has 5 heteroatoms. The summed E-state index contributed by atoms with van der Waals surface area (Å²) < 4.78 is 2.73. The molecule has 0 aliphatic rings. The van der Waals surface area contributed by atoms with Crippen molar-refractivity contribution in [2.75, 3.05) is 0 Å². The van der Waals surface area contributed by atoms with Gasteiger partial charge in [0.05, 0.1) is 12.1 Å². The van der Waals surface area contributed by atoms with Gasteiger partial charge in [-0.1, -0.05) is 0 Å². The van der Waals surface area contributed by atoms with E-state index in [9.17, 15) is 0 Å². The predicted molar refractivity (Wildman–Crippen MR) is 77.7 cm³/mol. The first-order valence-electron chi connectivity index (χ1n) is 6.10. The third kappa shape index (κ3) is 2.06. The number of aromatic nitrogens is 4. The van der Waals surface area contributed by atoms with E-state index in [0.717, 1.165) is 22.3 Å². The average molecular weight is 270 g/mol. The molecule has 3 rings (SSSR count). The Bertz CT molecular complexity index is 801. The standard InChI is InChI=1S/C14H14N4S/c1-9-3-6-16-13-12(9)17-14(19)18(13)8-11-4-5-15-7-10(11)2/h3-7H,8H2,1-2H3,(H,17,19). The van der Waals surface area contributed by atoms with Crippen LogP contribution in [0.1, 0.15) is 16.7 Å². The highest BCUT2D eigenvalue weighted by atomic mass is 32.1. The number of hydrogen-bond donors (Lipinski definition) is 1. The molecule has 0 unspecified atom stereocenters. The molecule has 3 aromatic rings. The molecule has 19 heavy (non-hydrogen) atoms. The quantitative estimate of drug-likeness (QED) is 0.728. The molecule has 0 saturated carbocycles. The molecule has 96 valence electrons. The highest BCUT2D eigenvalue weighted by Crippen LogP contribution is 2.17. The van der Waals surface area contributed by atoms with Crippen molar-refractivity contribution in [3.63, 3.8) is 0 Å². The maximum Gasteiger partial charge on any atom is 0.179 e. The summed E-state index contributed by atoms with van der Waals surface area (Å²) in [6, 6.07) is 4.00. The van der Waals surface area contributed by atoms with Crippen LogP contribution in [0.3, 0.4) is 0 Å². The number of H-pyrrole nitrogens is 1. The zero-order valence-corrected chi connectivity index (χ0v) is 11.7. The summed E-state index contributed by atoms with van der Waals surface area (Å²) in [6.07, 6.45) is 5.49. The molecule has 0 aromatic carbocycles. The normalized spacial score (nSPS) is 11.1. The van der Waals surface area contributed by atoms with Crippen molar-refractivity contribution in [2.45, 2.75) is 20.4 Å². The monoisotopic (exact) mass is 270 g/mol. The van der Waals surface area contributed by atoms with Crippen molar-refractivity contribution in [1.82, 2.24) is 19.5 Å². The lowest BCUT2D eigenvalue weighted by Crippen LogP contribution is -2.02. The van der Waals surface area contributed by atoms with E-state index in [0.29, 0.717) is 11.3 Å². The maximum absolute atomic E-state index is 5.41. The molecule has 0 spiro atoms. The predicted octanol–water partition coefficient (Wildman–Crippen LogP) is 3.15. The van der Waals surface area contributed by atoms with Gasteiger partial charge >= 0.3 is 0 Å². The van der Waals surface area contributed by atoms with Crippen LogP contribution in [0.25, 0.3) is 11.2 Å². The van der Waals surface area contributed by atoms with Gasteiger partial charge in [-0.2, -0.15) is 0 Å². The third-order valence-corrected chi connectivity index (χ3v) is 3.66. The average Bonchev–Trinajstić information content (AvgIpc) is 2.71. The van der Waals surface area contributed by atoms with Gasteiger partial charge in [-0.3, -0.25) is 9.55 Å². The summed E-state index contributed by atoms with van der Waals surface area (Å²) in [5.41, 5.74) is 5.43. The molecule has 0 amide bonds. The van der Waals surface area contributed by atoms with Crippen LogP contribution in [0.5, 0.6) is 0 Å². The van der Waals surface area contributed by atoms with E-state index in [1.165, 1.54) is 5.56 Å². The summed E-state index contributed by atoms with van der Waals surface area (Å²) in [7, 11) is 0. The number of hydrogen-bond acceptors (Lipinski definition) is 3. The van der Waals surface area contributed by atoms with Crippen molar-refractivity contribution in [2.24, 2.45) is 0 Å². The second-order valence-corrected chi connectivity index (χ2v) is 5.03. The Hall–Kier alpha value is -2.01. The zero-order valence-electron chi connectivity index (χ0n) is 10.8.